The van der Waals surface area contributed by atoms with Crippen molar-refractivity contribution in [3.8, 4) is 16.9 Å². The van der Waals surface area contributed by atoms with Crippen LogP contribution in [0.1, 0.15) is 28.2 Å². The number of hydrogen-bond acceptors (Lipinski definition) is 6. The van der Waals surface area contributed by atoms with Crippen molar-refractivity contribution in [3.05, 3.63) is 94.2 Å². The lowest BCUT2D eigenvalue weighted by atomic mass is 10.0. The molecule has 0 fully saturated rings. The van der Waals surface area contributed by atoms with Gasteiger partial charge in [0, 0.05) is 43.9 Å². The number of aromatic amines is 1. The maximum Gasteiger partial charge on any atom is 0.136 e. The van der Waals surface area contributed by atoms with E-state index in [0.29, 0.717) is 19.6 Å². The molecular formula is C31H31ClN6O. The first-order valence-electron chi connectivity index (χ1n) is 13.1. The van der Waals surface area contributed by atoms with Gasteiger partial charge >= 0.3 is 0 Å². The van der Waals surface area contributed by atoms with E-state index < -0.39 is 0 Å². The standard InChI is InChI=1S/C31H31ClN6O/c1-19-25(13-21-5-8-26(32)29(14-21)37(3)4)31(34-18-33-19)38-11-12-39-30-10-7-22(15-24(30)17-38)23-6-9-27-28(16-23)36-20(2)35-27/h5-10,14-16,18H,11-13,17H2,1-4H3,(H,35,36). The van der Waals surface area contributed by atoms with Crippen LogP contribution in [0.25, 0.3) is 22.2 Å². The summed E-state index contributed by atoms with van der Waals surface area (Å²) in [5.74, 6) is 2.78. The van der Waals surface area contributed by atoms with Crippen LogP contribution in [0.4, 0.5) is 11.5 Å². The van der Waals surface area contributed by atoms with Crippen LogP contribution in [-0.4, -0.2) is 47.2 Å². The Balaban J connectivity index is 1.33. The largest absolute Gasteiger partial charge is 0.491 e. The summed E-state index contributed by atoms with van der Waals surface area (Å²) in [6, 6.07) is 19.0. The summed E-state index contributed by atoms with van der Waals surface area (Å²) in [7, 11) is 4.01. The number of imidazole rings is 1. The van der Waals surface area contributed by atoms with Crippen molar-refractivity contribution < 1.29 is 4.74 Å². The molecule has 0 saturated heterocycles. The van der Waals surface area contributed by atoms with Crippen LogP contribution in [0.3, 0.4) is 0 Å². The molecule has 0 unspecified atom stereocenters. The molecule has 0 radical (unpaired) electrons. The maximum absolute atomic E-state index is 6.44. The molecule has 39 heavy (non-hydrogen) atoms. The molecule has 1 N–H and O–H groups in total. The summed E-state index contributed by atoms with van der Waals surface area (Å²) < 4.78 is 6.19. The zero-order valence-electron chi connectivity index (χ0n) is 22.6. The number of H-pyrrole nitrogens is 1. The van der Waals surface area contributed by atoms with Crippen molar-refractivity contribution in [2.75, 3.05) is 37.0 Å². The fourth-order valence-corrected chi connectivity index (χ4v) is 5.54. The van der Waals surface area contributed by atoms with Crippen LogP contribution in [0.2, 0.25) is 5.02 Å². The Labute approximate surface area is 233 Å². The first-order valence-corrected chi connectivity index (χ1v) is 13.5. The fourth-order valence-electron chi connectivity index (χ4n) is 5.25. The maximum atomic E-state index is 6.44. The summed E-state index contributed by atoms with van der Waals surface area (Å²) in [5, 5.41) is 0.740. The molecule has 7 nitrogen and oxygen atoms in total. The average Bonchev–Trinajstić information content (AvgIpc) is 3.16. The number of halogens is 1. The van der Waals surface area contributed by atoms with E-state index in [-0.39, 0.29) is 0 Å². The number of rotatable bonds is 5. The van der Waals surface area contributed by atoms with Gasteiger partial charge in [0.1, 0.15) is 30.3 Å². The van der Waals surface area contributed by atoms with E-state index in [1.165, 1.54) is 5.56 Å². The van der Waals surface area contributed by atoms with Crippen molar-refractivity contribution >= 4 is 34.1 Å². The van der Waals surface area contributed by atoms with Gasteiger partial charge in [-0.1, -0.05) is 29.8 Å². The first kappa shape index (κ1) is 25.2. The van der Waals surface area contributed by atoms with Gasteiger partial charge in [-0.15, -0.1) is 0 Å². The van der Waals surface area contributed by atoms with Crippen LogP contribution in [0.5, 0.6) is 5.75 Å². The lowest BCUT2D eigenvalue weighted by Gasteiger charge is -2.25. The van der Waals surface area contributed by atoms with E-state index in [0.717, 1.165) is 73.6 Å². The second-order valence-corrected chi connectivity index (χ2v) is 10.7. The Hall–Kier alpha value is -4.10. The minimum Gasteiger partial charge on any atom is -0.491 e. The summed E-state index contributed by atoms with van der Waals surface area (Å²) in [5.41, 5.74) is 9.69. The summed E-state index contributed by atoms with van der Waals surface area (Å²) in [4.78, 5) is 21.5. The molecule has 0 aliphatic carbocycles. The smallest absolute Gasteiger partial charge is 0.136 e. The zero-order chi connectivity index (χ0) is 27.1. The molecule has 1 aliphatic heterocycles. The van der Waals surface area contributed by atoms with Crippen LogP contribution >= 0.6 is 11.6 Å². The van der Waals surface area contributed by atoms with Gasteiger partial charge in [-0.2, -0.15) is 0 Å². The Morgan fingerprint density at radius 1 is 1.00 bits per heavy atom. The molecule has 198 valence electrons. The number of anilines is 2. The summed E-state index contributed by atoms with van der Waals surface area (Å²) in [6.45, 7) is 6.04. The van der Waals surface area contributed by atoms with Crippen LogP contribution in [0.15, 0.2) is 60.9 Å². The van der Waals surface area contributed by atoms with Crippen molar-refractivity contribution in [1.29, 1.82) is 0 Å². The van der Waals surface area contributed by atoms with E-state index in [2.05, 4.69) is 75.3 Å². The number of nitrogens with zero attached hydrogens (tertiary/aromatic N) is 5. The zero-order valence-corrected chi connectivity index (χ0v) is 23.4. The predicted octanol–water partition coefficient (Wildman–Crippen LogP) is 6.35. The molecule has 0 amide bonds. The molecule has 0 spiro atoms. The third kappa shape index (κ3) is 5.02. The predicted molar refractivity (Wildman–Crippen MR) is 158 cm³/mol. The fraction of sp³-hybridized carbons (Fsp3) is 0.258. The Bertz CT molecular complexity index is 1680. The molecule has 3 aromatic carbocycles. The van der Waals surface area contributed by atoms with Crippen LogP contribution < -0.4 is 14.5 Å². The number of aryl methyl sites for hydroxylation is 2. The third-order valence-electron chi connectivity index (χ3n) is 7.28. The van der Waals surface area contributed by atoms with Gasteiger partial charge in [0.05, 0.1) is 28.3 Å². The van der Waals surface area contributed by atoms with Gasteiger partial charge in [0.25, 0.3) is 0 Å². The highest BCUT2D eigenvalue weighted by molar-refractivity contribution is 6.33. The molecule has 8 heteroatoms. The van der Waals surface area contributed by atoms with Crippen LogP contribution in [-0.2, 0) is 13.0 Å². The number of fused-ring (bicyclic) bond motifs is 2. The van der Waals surface area contributed by atoms with Crippen molar-refractivity contribution in [2.45, 2.75) is 26.8 Å². The topological polar surface area (TPSA) is 70.2 Å². The quantitative estimate of drug-likeness (QED) is 0.281. The Morgan fingerprint density at radius 3 is 2.67 bits per heavy atom. The van der Waals surface area contributed by atoms with E-state index in [1.54, 1.807) is 6.33 Å². The van der Waals surface area contributed by atoms with Crippen LogP contribution in [0, 0.1) is 13.8 Å². The number of aromatic nitrogens is 4. The van der Waals surface area contributed by atoms with Crippen molar-refractivity contribution in [1.82, 2.24) is 19.9 Å². The van der Waals surface area contributed by atoms with E-state index >= 15 is 0 Å². The lowest BCUT2D eigenvalue weighted by molar-refractivity contribution is 0.331. The van der Waals surface area contributed by atoms with E-state index in [4.69, 9.17) is 21.3 Å². The monoisotopic (exact) mass is 538 g/mol. The highest BCUT2D eigenvalue weighted by Gasteiger charge is 2.22. The molecule has 2 aromatic heterocycles. The van der Waals surface area contributed by atoms with E-state index in [9.17, 15) is 0 Å². The second-order valence-electron chi connectivity index (χ2n) is 10.3. The number of nitrogens with one attached hydrogen (secondary N) is 1. The number of hydrogen-bond donors (Lipinski definition) is 1. The van der Waals surface area contributed by atoms with Crippen molar-refractivity contribution in [3.63, 3.8) is 0 Å². The second kappa shape index (κ2) is 10.2. The van der Waals surface area contributed by atoms with Crippen molar-refractivity contribution in [2.24, 2.45) is 0 Å². The lowest BCUT2D eigenvalue weighted by Crippen LogP contribution is -2.28. The molecule has 0 bridgehead atoms. The Kier molecular flexibility index (Phi) is 6.61. The molecule has 6 rings (SSSR count). The minimum absolute atomic E-state index is 0.583. The van der Waals surface area contributed by atoms with Gasteiger partial charge in [0.2, 0.25) is 0 Å². The molecule has 3 heterocycles. The minimum atomic E-state index is 0.583. The van der Waals surface area contributed by atoms with Gasteiger partial charge in [-0.3, -0.25) is 0 Å². The molecule has 5 aromatic rings. The van der Waals surface area contributed by atoms with Gasteiger partial charge < -0.3 is 19.5 Å². The molecule has 0 atom stereocenters. The number of ether oxygens (including phenoxy) is 1. The van der Waals surface area contributed by atoms with Gasteiger partial charge in [-0.25, -0.2) is 15.0 Å². The van der Waals surface area contributed by atoms with E-state index in [1.807, 2.05) is 32.0 Å². The van der Waals surface area contributed by atoms with Gasteiger partial charge in [-0.05, 0) is 66.9 Å². The summed E-state index contributed by atoms with van der Waals surface area (Å²) >= 11 is 6.44. The molecule has 0 saturated carbocycles. The molecular weight excluding hydrogens is 508 g/mol. The first-order chi connectivity index (χ1) is 18.9. The SMILES string of the molecule is Cc1nc2ccc(-c3ccc4c(c3)CN(c3ncnc(C)c3Cc3ccc(Cl)c(N(C)C)c3)CCO4)cc2[nH]1. The normalized spacial score (nSPS) is 13.2. The van der Waals surface area contributed by atoms with Gasteiger partial charge in [0.15, 0.2) is 0 Å². The summed E-state index contributed by atoms with van der Waals surface area (Å²) in [6.07, 6.45) is 2.37. The Morgan fingerprint density at radius 2 is 1.82 bits per heavy atom. The number of benzene rings is 3. The molecule has 1 aliphatic rings. The highest BCUT2D eigenvalue weighted by atomic mass is 35.5. The third-order valence-corrected chi connectivity index (χ3v) is 7.60. The average molecular weight is 539 g/mol. The highest BCUT2D eigenvalue weighted by Crippen LogP contribution is 2.34.